The maximum atomic E-state index is 14.3. The van der Waals surface area contributed by atoms with Gasteiger partial charge in [-0.05, 0) is 65.0 Å². The number of likely N-dealkylation sites (tertiary alicyclic amines) is 1. The normalized spacial score (nSPS) is 20.0. The van der Waals surface area contributed by atoms with Crippen molar-refractivity contribution < 1.29 is 18.7 Å². The molecule has 1 unspecified atom stereocenters. The monoisotopic (exact) mass is 410 g/mol. The maximum Gasteiger partial charge on any atom is 0.410 e. The quantitative estimate of drug-likeness (QED) is 0.719. The Morgan fingerprint density at radius 1 is 1.25 bits per heavy atom. The van der Waals surface area contributed by atoms with Crippen LogP contribution in [0.4, 0.5) is 9.18 Å². The lowest BCUT2D eigenvalue weighted by Crippen LogP contribution is -2.54. The summed E-state index contributed by atoms with van der Waals surface area (Å²) in [6.07, 6.45) is 3.60. The molecule has 28 heavy (non-hydrogen) atoms. The van der Waals surface area contributed by atoms with Gasteiger partial charge < -0.3 is 9.64 Å². The van der Waals surface area contributed by atoms with Gasteiger partial charge in [0.05, 0.1) is 6.54 Å². The molecule has 7 heteroatoms. The summed E-state index contributed by atoms with van der Waals surface area (Å²) in [6.45, 7) is 6.03. The Morgan fingerprint density at radius 2 is 1.96 bits per heavy atom. The highest BCUT2D eigenvalue weighted by atomic mass is 35.5. The van der Waals surface area contributed by atoms with E-state index < -0.39 is 23.6 Å². The predicted molar refractivity (Wildman–Crippen MR) is 106 cm³/mol. The third-order valence-electron chi connectivity index (χ3n) is 5.08. The molecule has 1 aliphatic heterocycles. The van der Waals surface area contributed by atoms with Gasteiger partial charge in [0.15, 0.2) is 0 Å². The van der Waals surface area contributed by atoms with Crippen LogP contribution in [0.15, 0.2) is 18.2 Å². The first-order valence-electron chi connectivity index (χ1n) is 9.90. The molecule has 2 aliphatic rings. The van der Waals surface area contributed by atoms with E-state index in [2.05, 4.69) is 0 Å². The Hall–Kier alpha value is -1.82. The Labute approximate surface area is 170 Å². The van der Waals surface area contributed by atoms with Crippen molar-refractivity contribution >= 4 is 23.6 Å². The lowest BCUT2D eigenvalue weighted by molar-refractivity contribution is -0.139. The third kappa shape index (κ3) is 4.96. The average molecular weight is 411 g/mol. The van der Waals surface area contributed by atoms with Crippen molar-refractivity contribution in [2.45, 2.75) is 77.1 Å². The fourth-order valence-electron chi connectivity index (χ4n) is 3.55. The van der Waals surface area contributed by atoms with Crippen LogP contribution < -0.4 is 0 Å². The Morgan fingerprint density at radius 3 is 2.57 bits per heavy atom. The standard InChI is InChI=1S/C21H28ClFN2O3/c1-21(2,3)28-20(27)24-12-5-4-9-18(24)19(26)25(14-10-11-14)13-15-16(22)7-6-8-17(15)23/h6-8,14,18H,4-5,9-13H2,1-3H3. The highest BCUT2D eigenvalue weighted by Gasteiger charge is 2.41. The van der Waals surface area contributed by atoms with Crippen molar-refractivity contribution in [3.8, 4) is 0 Å². The summed E-state index contributed by atoms with van der Waals surface area (Å²) in [7, 11) is 0. The van der Waals surface area contributed by atoms with Crippen LogP contribution in [0, 0.1) is 5.82 Å². The van der Waals surface area contributed by atoms with Crippen molar-refractivity contribution in [2.75, 3.05) is 6.54 Å². The molecule has 1 saturated carbocycles. The number of benzene rings is 1. The number of ether oxygens (including phenoxy) is 1. The van der Waals surface area contributed by atoms with E-state index >= 15 is 0 Å². The number of nitrogens with zero attached hydrogens (tertiary/aromatic N) is 2. The molecule has 2 fully saturated rings. The van der Waals surface area contributed by atoms with Crippen LogP contribution in [0.1, 0.15) is 58.4 Å². The van der Waals surface area contributed by atoms with E-state index in [1.165, 1.54) is 11.0 Å². The molecule has 3 rings (SSSR count). The van der Waals surface area contributed by atoms with Gasteiger partial charge in [-0.15, -0.1) is 0 Å². The van der Waals surface area contributed by atoms with Crippen LogP contribution in [-0.4, -0.2) is 46.0 Å². The Kier molecular flexibility index (Phi) is 6.18. The zero-order chi connectivity index (χ0) is 20.5. The van der Waals surface area contributed by atoms with Gasteiger partial charge in [0.25, 0.3) is 0 Å². The van der Waals surface area contributed by atoms with Crippen molar-refractivity contribution in [3.63, 3.8) is 0 Å². The minimum absolute atomic E-state index is 0.0746. The van der Waals surface area contributed by atoms with Crippen LogP contribution in [-0.2, 0) is 16.1 Å². The Bertz CT molecular complexity index is 725. The molecule has 1 atom stereocenters. The lowest BCUT2D eigenvalue weighted by atomic mass is 10.0. The number of piperidine rings is 1. The first-order valence-corrected chi connectivity index (χ1v) is 10.3. The summed E-state index contributed by atoms with van der Waals surface area (Å²) < 4.78 is 19.8. The summed E-state index contributed by atoms with van der Waals surface area (Å²) in [5.74, 6) is -0.564. The lowest BCUT2D eigenvalue weighted by Gasteiger charge is -2.38. The largest absolute Gasteiger partial charge is 0.444 e. The van der Waals surface area contributed by atoms with Crippen molar-refractivity contribution in [3.05, 3.63) is 34.6 Å². The predicted octanol–water partition coefficient (Wildman–Crippen LogP) is 4.76. The van der Waals surface area contributed by atoms with Crippen molar-refractivity contribution in [2.24, 2.45) is 0 Å². The molecular weight excluding hydrogens is 383 g/mol. The topological polar surface area (TPSA) is 49.9 Å². The smallest absolute Gasteiger partial charge is 0.410 e. The number of carbonyl (C=O) groups is 2. The molecule has 0 bridgehead atoms. The number of hydrogen-bond acceptors (Lipinski definition) is 3. The molecular formula is C21H28ClFN2O3. The van der Waals surface area contributed by atoms with Crippen LogP contribution in [0.2, 0.25) is 5.02 Å². The molecule has 0 radical (unpaired) electrons. The summed E-state index contributed by atoms with van der Waals surface area (Å²) >= 11 is 6.18. The molecule has 0 aromatic heterocycles. The van der Waals surface area contributed by atoms with Crippen molar-refractivity contribution in [1.82, 2.24) is 9.80 Å². The van der Waals surface area contributed by atoms with E-state index in [1.54, 1.807) is 17.0 Å². The van der Waals surface area contributed by atoms with Gasteiger partial charge in [0.2, 0.25) is 5.91 Å². The summed E-state index contributed by atoms with van der Waals surface area (Å²) in [5.41, 5.74) is -0.303. The van der Waals surface area contributed by atoms with Crippen LogP contribution >= 0.6 is 11.6 Å². The zero-order valence-corrected chi connectivity index (χ0v) is 17.5. The van der Waals surface area contributed by atoms with E-state index in [9.17, 15) is 14.0 Å². The third-order valence-corrected chi connectivity index (χ3v) is 5.43. The van der Waals surface area contributed by atoms with Crippen molar-refractivity contribution in [1.29, 1.82) is 0 Å². The van der Waals surface area contributed by atoms with E-state index in [0.29, 0.717) is 23.6 Å². The number of rotatable bonds is 4. The fraction of sp³-hybridized carbons (Fsp3) is 0.619. The van der Waals surface area contributed by atoms with E-state index in [4.69, 9.17) is 16.3 Å². The van der Waals surface area contributed by atoms with Gasteiger partial charge in [-0.1, -0.05) is 17.7 Å². The molecule has 0 spiro atoms. The van der Waals surface area contributed by atoms with Gasteiger partial charge in [-0.3, -0.25) is 9.69 Å². The van der Waals surface area contributed by atoms with Crippen LogP contribution in [0.5, 0.6) is 0 Å². The molecule has 1 heterocycles. The van der Waals surface area contributed by atoms with Gasteiger partial charge in [0.1, 0.15) is 17.5 Å². The number of carbonyl (C=O) groups excluding carboxylic acids is 2. The molecule has 1 aliphatic carbocycles. The number of hydrogen-bond donors (Lipinski definition) is 0. The number of amides is 2. The molecule has 154 valence electrons. The second-order valence-corrected chi connectivity index (χ2v) is 8.99. The van der Waals surface area contributed by atoms with Gasteiger partial charge in [-0.25, -0.2) is 9.18 Å². The summed E-state index contributed by atoms with van der Waals surface area (Å²) in [5, 5.41) is 0.311. The second-order valence-electron chi connectivity index (χ2n) is 8.58. The molecule has 1 aromatic rings. The highest BCUT2D eigenvalue weighted by Crippen LogP contribution is 2.33. The summed E-state index contributed by atoms with van der Waals surface area (Å²) in [6, 6.07) is 4.03. The van der Waals surface area contributed by atoms with E-state index in [-0.39, 0.29) is 18.5 Å². The maximum absolute atomic E-state index is 14.3. The van der Waals surface area contributed by atoms with Crippen LogP contribution in [0.3, 0.4) is 0 Å². The SMILES string of the molecule is CC(C)(C)OC(=O)N1CCCCC1C(=O)N(Cc1c(F)cccc1Cl)C1CC1. The summed E-state index contributed by atoms with van der Waals surface area (Å²) in [4.78, 5) is 29.3. The van der Waals surface area contributed by atoms with Gasteiger partial charge >= 0.3 is 6.09 Å². The van der Waals surface area contributed by atoms with Gasteiger partial charge in [0, 0.05) is 23.2 Å². The van der Waals surface area contributed by atoms with E-state index in [0.717, 1.165) is 25.7 Å². The number of halogens is 2. The second kappa shape index (κ2) is 8.27. The first kappa shape index (κ1) is 20.9. The Balaban J connectivity index is 1.80. The molecule has 1 saturated heterocycles. The molecule has 5 nitrogen and oxygen atoms in total. The fourth-order valence-corrected chi connectivity index (χ4v) is 3.77. The van der Waals surface area contributed by atoms with Crippen LogP contribution in [0.25, 0.3) is 0 Å². The highest BCUT2D eigenvalue weighted by molar-refractivity contribution is 6.31. The first-order chi connectivity index (χ1) is 13.2. The molecule has 0 N–H and O–H groups in total. The van der Waals surface area contributed by atoms with E-state index in [1.807, 2.05) is 20.8 Å². The minimum atomic E-state index is -0.626. The molecule has 1 aromatic carbocycles. The average Bonchev–Trinajstić information content (AvgIpc) is 3.44. The van der Waals surface area contributed by atoms with Gasteiger partial charge in [-0.2, -0.15) is 0 Å². The zero-order valence-electron chi connectivity index (χ0n) is 16.7. The molecule has 2 amide bonds. The minimum Gasteiger partial charge on any atom is -0.444 e.